The lowest BCUT2D eigenvalue weighted by atomic mass is 10.1. The standard InChI is InChI=1S/C14H19N3O3/c18-13(16-7-5-10(9-16)14(19)20)12-6-8-17(15-12)11-3-1-2-4-11/h6,8,10-11H,1-5,7,9H2,(H,19,20). The molecule has 1 aliphatic carbocycles. The van der Waals surface area contributed by atoms with Crippen molar-refractivity contribution in [1.29, 1.82) is 0 Å². The van der Waals surface area contributed by atoms with Gasteiger partial charge in [0.2, 0.25) is 0 Å². The van der Waals surface area contributed by atoms with Gasteiger partial charge in [0.25, 0.3) is 5.91 Å². The Labute approximate surface area is 117 Å². The average molecular weight is 277 g/mol. The second-order valence-corrected chi connectivity index (χ2v) is 5.69. The van der Waals surface area contributed by atoms with Crippen LogP contribution in [0, 0.1) is 5.92 Å². The molecule has 2 aliphatic rings. The number of hydrogen-bond acceptors (Lipinski definition) is 3. The van der Waals surface area contributed by atoms with Gasteiger partial charge in [-0.2, -0.15) is 5.10 Å². The van der Waals surface area contributed by atoms with Crippen molar-refractivity contribution in [3.05, 3.63) is 18.0 Å². The van der Waals surface area contributed by atoms with E-state index < -0.39 is 11.9 Å². The summed E-state index contributed by atoms with van der Waals surface area (Å²) in [6.07, 6.45) is 7.10. The quantitative estimate of drug-likeness (QED) is 0.909. The Bertz CT molecular complexity index is 519. The molecule has 6 nitrogen and oxygen atoms in total. The van der Waals surface area contributed by atoms with Crippen LogP contribution in [0.3, 0.4) is 0 Å². The molecule has 6 heteroatoms. The molecule has 0 spiro atoms. The molecule has 2 heterocycles. The summed E-state index contributed by atoms with van der Waals surface area (Å²) < 4.78 is 1.89. The number of carbonyl (C=O) groups is 2. The molecule has 0 aromatic carbocycles. The van der Waals surface area contributed by atoms with Crippen LogP contribution in [0.5, 0.6) is 0 Å². The third-order valence-electron chi connectivity index (χ3n) is 4.35. The largest absolute Gasteiger partial charge is 0.481 e. The van der Waals surface area contributed by atoms with Crippen LogP contribution in [0.2, 0.25) is 0 Å². The number of carbonyl (C=O) groups excluding carboxylic acids is 1. The SMILES string of the molecule is O=C(O)C1CCN(C(=O)c2ccn(C3CCCC3)n2)C1. The Kier molecular flexibility index (Phi) is 3.46. The van der Waals surface area contributed by atoms with Gasteiger partial charge in [-0.1, -0.05) is 12.8 Å². The lowest BCUT2D eigenvalue weighted by Crippen LogP contribution is -2.30. The van der Waals surface area contributed by atoms with Gasteiger partial charge in [-0.3, -0.25) is 14.3 Å². The smallest absolute Gasteiger partial charge is 0.308 e. The van der Waals surface area contributed by atoms with Crippen LogP contribution < -0.4 is 0 Å². The van der Waals surface area contributed by atoms with E-state index in [0.717, 1.165) is 12.8 Å². The summed E-state index contributed by atoms with van der Waals surface area (Å²) in [7, 11) is 0. The van der Waals surface area contributed by atoms with E-state index in [1.807, 2.05) is 10.9 Å². The summed E-state index contributed by atoms with van der Waals surface area (Å²) in [6.45, 7) is 0.802. The summed E-state index contributed by atoms with van der Waals surface area (Å²) in [6, 6.07) is 2.16. The van der Waals surface area contributed by atoms with Crippen molar-refractivity contribution >= 4 is 11.9 Å². The molecular weight excluding hydrogens is 258 g/mol. The molecule has 0 bridgehead atoms. The first-order chi connectivity index (χ1) is 9.65. The summed E-state index contributed by atoms with van der Waals surface area (Å²) in [5.74, 6) is -1.40. The minimum atomic E-state index is -0.822. The molecule has 1 N–H and O–H groups in total. The van der Waals surface area contributed by atoms with Crippen LogP contribution >= 0.6 is 0 Å². The highest BCUT2D eigenvalue weighted by molar-refractivity contribution is 5.92. The normalized spacial score (nSPS) is 23.4. The van der Waals surface area contributed by atoms with E-state index in [2.05, 4.69) is 5.10 Å². The lowest BCUT2D eigenvalue weighted by molar-refractivity contribution is -0.141. The van der Waals surface area contributed by atoms with Gasteiger partial charge in [0.15, 0.2) is 0 Å². The Morgan fingerprint density at radius 1 is 1.25 bits per heavy atom. The van der Waals surface area contributed by atoms with Crippen LogP contribution in [0.1, 0.15) is 48.6 Å². The third kappa shape index (κ3) is 2.42. The van der Waals surface area contributed by atoms with E-state index in [-0.39, 0.29) is 5.91 Å². The lowest BCUT2D eigenvalue weighted by Gasteiger charge is -2.14. The number of rotatable bonds is 3. The number of amides is 1. The first-order valence-electron chi connectivity index (χ1n) is 7.22. The van der Waals surface area contributed by atoms with Crippen LogP contribution in [-0.2, 0) is 4.79 Å². The van der Waals surface area contributed by atoms with Crippen molar-refractivity contribution < 1.29 is 14.7 Å². The first kappa shape index (κ1) is 13.1. The van der Waals surface area contributed by atoms with Crippen molar-refractivity contribution in [2.24, 2.45) is 5.92 Å². The molecular formula is C14H19N3O3. The molecule has 1 saturated heterocycles. The van der Waals surface area contributed by atoms with E-state index >= 15 is 0 Å². The average Bonchev–Trinajstić information content (AvgIpc) is 3.17. The fourth-order valence-corrected chi connectivity index (χ4v) is 3.13. The molecule has 1 aromatic heterocycles. The number of aromatic nitrogens is 2. The van der Waals surface area contributed by atoms with Crippen LogP contribution in [0.4, 0.5) is 0 Å². The minimum absolute atomic E-state index is 0.148. The molecule has 2 fully saturated rings. The van der Waals surface area contributed by atoms with Crippen LogP contribution in [-0.4, -0.2) is 44.8 Å². The maximum atomic E-state index is 12.3. The fraction of sp³-hybridized carbons (Fsp3) is 0.643. The van der Waals surface area contributed by atoms with E-state index in [1.165, 1.54) is 12.8 Å². The first-order valence-corrected chi connectivity index (χ1v) is 7.22. The molecule has 0 radical (unpaired) electrons. The highest BCUT2D eigenvalue weighted by Gasteiger charge is 2.32. The molecule has 1 saturated carbocycles. The zero-order chi connectivity index (χ0) is 14.1. The Balaban J connectivity index is 1.67. The number of carboxylic acid groups (broad SMARTS) is 1. The maximum Gasteiger partial charge on any atom is 0.308 e. The van der Waals surface area contributed by atoms with E-state index in [1.54, 1.807) is 11.0 Å². The molecule has 1 aromatic rings. The van der Waals surface area contributed by atoms with Crippen molar-refractivity contribution in [3.63, 3.8) is 0 Å². The fourth-order valence-electron chi connectivity index (χ4n) is 3.13. The van der Waals surface area contributed by atoms with Crippen molar-refractivity contribution in [3.8, 4) is 0 Å². The van der Waals surface area contributed by atoms with Crippen LogP contribution in [0.15, 0.2) is 12.3 Å². The topological polar surface area (TPSA) is 75.4 Å². The van der Waals surface area contributed by atoms with Gasteiger partial charge in [-0.25, -0.2) is 0 Å². The zero-order valence-corrected chi connectivity index (χ0v) is 11.4. The second-order valence-electron chi connectivity index (χ2n) is 5.69. The number of nitrogens with zero attached hydrogens (tertiary/aromatic N) is 3. The number of hydrogen-bond donors (Lipinski definition) is 1. The number of aliphatic carboxylic acids is 1. The van der Waals surface area contributed by atoms with Crippen molar-refractivity contribution in [1.82, 2.24) is 14.7 Å². The van der Waals surface area contributed by atoms with Gasteiger partial charge in [0, 0.05) is 19.3 Å². The van der Waals surface area contributed by atoms with Gasteiger partial charge < -0.3 is 10.0 Å². The highest BCUT2D eigenvalue weighted by atomic mass is 16.4. The molecule has 1 unspecified atom stereocenters. The van der Waals surface area contributed by atoms with Crippen molar-refractivity contribution in [2.75, 3.05) is 13.1 Å². The Hall–Kier alpha value is -1.85. The Morgan fingerprint density at radius 3 is 2.65 bits per heavy atom. The Morgan fingerprint density at radius 2 is 2.00 bits per heavy atom. The number of likely N-dealkylation sites (tertiary alicyclic amines) is 1. The summed E-state index contributed by atoms with van der Waals surface area (Å²) in [5.41, 5.74) is 0.433. The monoisotopic (exact) mass is 277 g/mol. The van der Waals surface area contributed by atoms with Gasteiger partial charge in [0.05, 0.1) is 12.0 Å². The maximum absolute atomic E-state index is 12.3. The molecule has 3 rings (SSSR count). The molecule has 108 valence electrons. The summed E-state index contributed by atoms with van der Waals surface area (Å²) in [4.78, 5) is 24.8. The van der Waals surface area contributed by atoms with Gasteiger partial charge >= 0.3 is 5.97 Å². The van der Waals surface area contributed by atoms with Gasteiger partial charge in [0.1, 0.15) is 5.69 Å². The van der Waals surface area contributed by atoms with E-state index in [4.69, 9.17) is 5.11 Å². The van der Waals surface area contributed by atoms with E-state index in [0.29, 0.717) is 31.2 Å². The molecule has 20 heavy (non-hydrogen) atoms. The third-order valence-corrected chi connectivity index (χ3v) is 4.35. The van der Waals surface area contributed by atoms with Gasteiger partial charge in [-0.05, 0) is 25.3 Å². The summed E-state index contributed by atoms with van der Waals surface area (Å²) in [5, 5.41) is 13.4. The molecule has 1 atom stereocenters. The van der Waals surface area contributed by atoms with E-state index in [9.17, 15) is 9.59 Å². The van der Waals surface area contributed by atoms with Crippen LogP contribution in [0.25, 0.3) is 0 Å². The van der Waals surface area contributed by atoms with Crippen molar-refractivity contribution in [2.45, 2.75) is 38.1 Å². The second kappa shape index (κ2) is 5.26. The minimum Gasteiger partial charge on any atom is -0.481 e. The molecule has 1 amide bonds. The predicted molar refractivity (Wildman–Crippen MR) is 71.4 cm³/mol. The predicted octanol–water partition coefficient (Wildman–Crippen LogP) is 1.54. The number of carboxylic acids is 1. The highest BCUT2D eigenvalue weighted by Crippen LogP contribution is 2.29. The molecule has 1 aliphatic heterocycles. The summed E-state index contributed by atoms with van der Waals surface area (Å²) >= 11 is 0. The zero-order valence-electron chi connectivity index (χ0n) is 11.4. The van der Waals surface area contributed by atoms with Gasteiger partial charge in [-0.15, -0.1) is 0 Å².